The molecule has 0 radical (unpaired) electrons. The molecule has 0 saturated heterocycles. The Bertz CT molecular complexity index is 1040. The first-order valence-corrected chi connectivity index (χ1v) is 11.0. The maximum atomic E-state index is 13.4. The number of nitrogens with one attached hydrogen (secondary N) is 1. The topological polar surface area (TPSA) is 64.6 Å². The average Bonchev–Trinajstić information content (AvgIpc) is 3.27. The van der Waals surface area contributed by atoms with Crippen molar-refractivity contribution in [2.75, 3.05) is 13.7 Å². The molecule has 1 aliphatic carbocycles. The molecule has 156 valence electrons. The highest BCUT2D eigenvalue weighted by Crippen LogP contribution is 2.48. The Kier molecular flexibility index (Phi) is 5.77. The summed E-state index contributed by atoms with van der Waals surface area (Å²) in [6.07, 6.45) is 1.17. The Labute approximate surface area is 180 Å². The van der Waals surface area contributed by atoms with Crippen molar-refractivity contribution in [3.63, 3.8) is 0 Å². The fourth-order valence-corrected chi connectivity index (χ4v) is 5.29. The lowest BCUT2D eigenvalue weighted by Crippen LogP contribution is -2.36. The highest BCUT2D eigenvalue weighted by atomic mass is 32.1. The highest BCUT2D eigenvalue weighted by molar-refractivity contribution is 7.10. The monoisotopic (exact) mass is 423 g/mol. The van der Waals surface area contributed by atoms with Gasteiger partial charge in [-0.2, -0.15) is 0 Å². The summed E-state index contributed by atoms with van der Waals surface area (Å²) in [7, 11) is 1.60. The summed E-state index contributed by atoms with van der Waals surface area (Å²) in [5, 5.41) is 5.41. The van der Waals surface area contributed by atoms with Crippen molar-refractivity contribution in [2.24, 2.45) is 0 Å². The third kappa shape index (κ3) is 3.56. The van der Waals surface area contributed by atoms with Gasteiger partial charge in [0.05, 0.1) is 25.2 Å². The maximum Gasteiger partial charge on any atom is 0.336 e. The summed E-state index contributed by atoms with van der Waals surface area (Å²) >= 11 is 1.68. The van der Waals surface area contributed by atoms with Crippen LogP contribution in [0.3, 0.4) is 0 Å². The molecule has 1 aromatic carbocycles. The van der Waals surface area contributed by atoms with E-state index in [0.29, 0.717) is 23.3 Å². The number of carbonyl (C=O) groups excluding carboxylic acids is 2. The maximum absolute atomic E-state index is 13.4. The van der Waals surface area contributed by atoms with Crippen molar-refractivity contribution in [1.82, 2.24) is 5.32 Å². The number of dihydropyridines is 1. The molecule has 0 fully saturated rings. The molecule has 0 amide bonds. The quantitative estimate of drug-likeness (QED) is 0.708. The molecule has 0 saturated carbocycles. The summed E-state index contributed by atoms with van der Waals surface area (Å²) in [6.45, 7) is 3.93. The molecule has 0 spiro atoms. The molecule has 1 N–H and O–H groups in total. The number of carbonyl (C=O) groups is 2. The van der Waals surface area contributed by atoms with Crippen molar-refractivity contribution in [3.8, 4) is 5.75 Å². The third-order valence-electron chi connectivity index (χ3n) is 5.72. The molecule has 0 unspecified atom stereocenters. The fraction of sp³-hybridized carbons (Fsp3) is 0.333. The molecule has 30 heavy (non-hydrogen) atoms. The summed E-state index contributed by atoms with van der Waals surface area (Å²) in [5.74, 6) is -0.0447. The molecule has 0 bridgehead atoms. The van der Waals surface area contributed by atoms with Crippen LogP contribution in [0.1, 0.15) is 49.0 Å². The number of ketones is 1. The highest BCUT2D eigenvalue weighted by Gasteiger charge is 2.42. The molecule has 6 heteroatoms. The van der Waals surface area contributed by atoms with Crippen LogP contribution >= 0.6 is 11.3 Å². The largest absolute Gasteiger partial charge is 0.496 e. The second-order valence-electron chi connectivity index (χ2n) is 7.50. The van der Waals surface area contributed by atoms with Crippen LogP contribution in [-0.4, -0.2) is 25.5 Å². The van der Waals surface area contributed by atoms with E-state index < -0.39 is 11.9 Å². The van der Waals surface area contributed by atoms with Gasteiger partial charge in [0.15, 0.2) is 5.78 Å². The van der Waals surface area contributed by atoms with Crippen LogP contribution in [0.4, 0.5) is 0 Å². The minimum Gasteiger partial charge on any atom is -0.496 e. The van der Waals surface area contributed by atoms with Gasteiger partial charge in [0, 0.05) is 39.7 Å². The van der Waals surface area contributed by atoms with Crippen LogP contribution in [0.5, 0.6) is 5.75 Å². The van der Waals surface area contributed by atoms with E-state index in [0.717, 1.165) is 23.4 Å². The number of hydrogen-bond acceptors (Lipinski definition) is 6. The van der Waals surface area contributed by atoms with Crippen molar-refractivity contribution in [3.05, 3.63) is 74.8 Å². The Balaban J connectivity index is 1.85. The lowest BCUT2D eigenvalue weighted by Gasteiger charge is -2.36. The average molecular weight is 424 g/mol. The second kappa shape index (κ2) is 8.48. The minimum atomic E-state index is -0.506. The van der Waals surface area contributed by atoms with Gasteiger partial charge in [0.2, 0.25) is 0 Å². The number of ether oxygens (including phenoxy) is 2. The first kappa shape index (κ1) is 20.4. The molecule has 2 aromatic rings. The molecule has 2 heterocycles. The first-order valence-electron chi connectivity index (χ1n) is 10.1. The number of thiophene rings is 1. The summed E-state index contributed by atoms with van der Waals surface area (Å²) < 4.78 is 11.0. The van der Waals surface area contributed by atoms with E-state index in [-0.39, 0.29) is 18.3 Å². The Morgan fingerprint density at radius 2 is 2.00 bits per heavy atom. The smallest absolute Gasteiger partial charge is 0.336 e. The predicted octanol–water partition coefficient (Wildman–Crippen LogP) is 4.68. The van der Waals surface area contributed by atoms with Crippen LogP contribution < -0.4 is 10.1 Å². The van der Waals surface area contributed by atoms with E-state index in [1.54, 1.807) is 25.4 Å². The van der Waals surface area contributed by atoms with Gasteiger partial charge >= 0.3 is 5.97 Å². The van der Waals surface area contributed by atoms with E-state index in [2.05, 4.69) is 11.4 Å². The van der Waals surface area contributed by atoms with Gasteiger partial charge in [-0.15, -0.1) is 11.3 Å². The normalized spacial score (nSPS) is 21.2. The van der Waals surface area contributed by atoms with Crippen LogP contribution in [0.25, 0.3) is 0 Å². The second-order valence-corrected chi connectivity index (χ2v) is 8.47. The SMILES string of the molecule is CCOC(=O)C1=C(C)NC2=C(C(=O)C[C@@H](c3cccs3)C2)[C@H]1c1ccccc1OC. The van der Waals surface area contributed by atoms with Gasteiger partial charge in [0.25, 0.3) is 0 Å². The number of hydrogen-bond donors (Lipinski definition) is 1. The fourth-order valence-electron chi connectivity index (χ4n) is 4.46. The van der Waals surface area contributed by atoms with Crippen molar-refractivity contribution in [1.29, 1.82) is 0 Å². The molecule has 1 aliphatic heterocycles. The zero-order chi connectivity index (χ0) is 21.3. The molecular weight excluding hydrogens is 398 g/mol. The zero-order valence-corrected chi connectivity index (χ0v) is 18.2. The molecule has 2 atom stereocenters. The first-order chi connectivity index (χ1) is 14.5. The number of rotatable bonds is 5. The van der Waals surface area contributed by atoms with E-state index in [4.69, 9.17) is 9.47 Å². The lowest BCUT2D eigenvalue weighted by atomic mass is 9.72. The molecule has 1 aromatic heterocycles. The van der Waals surface area contributed by atoms with Gasteiger partial charge in [-0.3, -0.25) is 4.79 Å². The van der Waals surface area contributed by atoms with Gasteiger partial charge in [-0.25, -0.2) is 4.79 Å². The Hall–Kier alpha value is -2.86. The van der Waals surface area contributed by atoms with E-state index in [9.17, 15) is 9.59 Å². The standard InChI is InChI=1S/C24H25NO4S/c1-4-29-24(27)21-14(2)25-17-12-15(20-10-7-11-30-20)13-18(26)23(17)22(21)16-8-5-6-9-19(16)28-3/h5-11,15,22,25H,4,12-13H2,1-3H3/t15-,22-/m0/s1. The number of allylic oxidation sites excluding steroid dienone is 3. The van der Waals surface area contributed by atoms with Crippen LogP contribution in [0.2, 0.25) is 0 Å². The van der Waals surface area contributed by atoms with Gasteiger partial charge < -0.3 is 14.8 Å². The lowest BCUT2D eigenvalue weighted by molar-refractivity contribution is -0.138. The summed E-state index contributed by atoms with van der Waals surface area (Å²) in [6, 6.07) is 11.7. The number of para-hydroxylation sites is 1. The van der Waals surface area contributed by atoms with Crippen LogP contribution in [0, 0.1) is 0 Å². The van der Waals surface area contributed by atoms with Crippen LogP contribution in [0.15, 0.2) is 64.3 Å². The Morgan fingerprint density at radius 3 is 2.70 bits per heavy atom. The minimum absolute atomic E-state index is 0.0624. The van der Waals surface area contributed by atoms with Gasteiger partial charge in [-0.1, -0.05) is 24.3 Å². The molecular formula is C24H25NO4S. The number of esters is 1. The Morgan fingerprint density at radius 1 is 1.20 bits per heavy atom. The zero-order valence-electron chi connectivity index (χ0n) is 17.4. The number of Topliss-reactive ketones (excluding diaryl/α,β-unsaturated/α-hetero) is 1. The third-order valence-corrected chi connectivity index (χ3v) is 6.75. The molecule has 4 rings (SSSR count). The molecule has 2 aliphatic rings. The van der Waals surface area contributed by atoms with E-state index in [1.807, 2.05) is 42.6 Å². The summed E-state index contributed by atoms with van der Waals surface area (Å²) in [5.41, 5.74) is 3.55. The van der Waals surface area contributed by atoms with Crippen molar-refractivity contribution < 1.29 is 19.1 Å². The number of methoxy groups -OCH3 is 1. The van der Waals surface area contributed by atoms with Gasteiger partial charge in [-0.05, 0) is 37.8 Å². The number of benzene rings is 1. The van der Waals surface area contributed by atoms with E-state index >= 15 is 0 Å². The van der Waals surface area contributed by atoms with E-state index in [1.165, 1.54) is 4.88 Å². The van der Waals surface area contributed by atoms with Crippen LogP contribution in [-0.2, 0) is 14.3 Å². The molecule has 5 nitrogen and oxygen atoms in total. The summed E-state index contributed by atoms with van der Waals surface area (Å²) in [4.78, 5) is 27.6. The predicted molar refractivity (Wildman–Crippen MR) is 117 cm³/mol. The van der Waals surface area contributed by atoms with Gasteiger partial charge in [0.1, 0.15) is 5.75 Å². The van der Waals surface area contributed by atoms with Crippen molar-refractivity contribution in [2.45, 2.75) is 38.5 Å². The van der Waals surface area contributed by atoms with Crippen molar-refractivity contribution >= 4 is 23.1 Å².